The number of thiophene rings is 1. The van der Waals surface area contributed by atoms with E-state index >= 15 is 0 Å². The van der Waals surface area contributed by atoms with Gasteiger partial charge in [0.1, 0.15) is 16.0 Å². The molecule has 2 aromatic heterocycles. The van der Waals surface area contributed by atoms with Gasteiger partial charge in [-0.05, 0) is 37.3 Å². The number of ether oxygens (including phenoxy) is 1. The molecular formula is C23H15Cl2NO5S. The number of benzene rings is 2. The number of amides is 1. The summed E-state index contributed by atoms with van der Waals surface area (Å²) in [6, 6.07) is 14.9. The van der Waals surface area contributed by atoms with Crippen molar-refractivity contribution >= 4 is 63.1 Å². The molecule has 0 aliphatic carbocycles. The van der Waals surface area contributed by atoms with E-state index in [0.717, 1.165) is 11.3 Å². The second-order valence-corrected chi connectivity index (χ2v) is 8.53. The largest absolute Gasteiger partial charge is 0.462 e. The van der Waals surface area contributed by atoms with Gasteiger partial charge < -0.3 is 14.5 Å². The van der Waals surface area contributed by atoms with Crippen molar-refractivity contribution in [1.29, 1.82) is 0 Å². The number of hydrogen-bond donors (Lipinski definition) is 1. The first-order valence-corrected chi connectivity index (χ1v) is 11.0. The molecule has 2 aromatic carbocycles. The van der Waals surface area contributed by atoms with Gasteiger partial charge in [0.25, 0.3) is 5.91 Å². The van der Waals surface area contributed by atoms with Gasteiger partial charge in [-0.1, -0.05) is 47.5 Å². The third-order valence-corrected chi connectivity index (χ3v) is 6.22. The standard InChI is InChI=1S/C23H15Cl2NO5S/c1-2-30-23(29)20-17(11-19(32-20)14-8-7-13(24)10-16(14)25)26-21(27)15-9-12-5-3-4-6-18(12)31-22(15)28/h3-11H,2H2,1H3,(H,26,27). The van der Waals surface area contributed by atoms with Crippen LogP contribution in [0.15, 0.2) is 63.8 Å². The summed E-state index contributed by atoms with van der Waals surface area (Å²) < 4.78 is 10.4. The number of carbonyl (C=O) groups is 2. The summed E-state index contributed by atoms with van der Waals surface area (Å²) in [5, 5.41) is 4.09. The Bertz CT molecular complexity index is 1410. The highest BCUT2D eigenvalue weighted by Gasteiger charge is 2.23. The smallest absolute Gasteiger partial charge is 0.350 e. The van der Waals surface area contributed by atoms with Crippen LogP contribution >= 0.6 is 34.5 Å². The summed E-state index contributed by atoms with van der Waals surface area (Å²) in [6.07, 6.45) is 0. The maximum atomic E-state index is 12.9. The molecular weight excluding hydrogens is 473 g/mol. The Morgan fingerprint density at radius 3 is 2.62 bits per heavy atom. The molecule has 162 valence electrons. The quantitative estimate of drug-likeness (QED) is 0.265. The maximum absolute atomic E-state index is 12.9. The summed E-state index contributed by atoms with van der Waals surface area (Å²) in [5.41, 5.74) is 0.242. The van der Waals surface area contributed by atoms with Gasteiger partial charge in [-0.25, -0.2) is 9.59 Å². The summed E-state index contributed by atoms with van der Waals surface area (Å²) in [4.78, 5) is 38.6. The zero-order valence-electron chi connectivity index (χ0n) is 16.6. The third kappa shape index (κ3) is 4.41. The fourth-order valence-electron chi connectivity index (χ4n) is 3.06. The average Bonchev–Trinajstić information content (AvgIpc) is 3.16. The Balaban J connectivity index is 1.74. The van der Waals surface area contributed by atoms with Crippen LogP contribution in [0.1, 0.15) is 27.0 Å². The molecule has 0 saturated carbocycles. The van der Waals surface area contributed by atoms with Gasteiger partial charge in [0.2, 0.25) is 0 Å². The van der Waals surface area contributed by atoms with E-state index in [-0.39, 0.29) is 22.7 Å². The number of fused-ring (bicyclic) bond motifs is 1. The molecule has 2 heterocycles. The van der Waals surface area contributed by atoms with Crippen LogP contribution in [-0.2, 0) is 4.74 Å². The third-order valence-electron chi connectivity index (χ3n) is 4.52. The normalized spacial score (nSPS) is 10.8. The van der Waals surface area contributed by atoms with E-state index in [1.807, 2.05) is 0 Å². The molecule has 9 heteroatoms. The van der Waals surface area contributed by atoms with Crippen LogP contribution in [-0.4, -0.2) is 18.5 Å². The van der Waals surface area contributed by atoms with Gasteiger partial charge in [0.15, 0.2) is 0 Å². The molecule has 0 bridgehead atoms. The molecule has 0 radical (unpaired) electrons. The number of nitrogens with one attached hydrogen (secondary N) is 1. The molecule has 0 aliphatic heterocycles. The number of esters is 1. The van der Waals surface area contributed by atoms with Crippen molar-refractivity contribution in [2.24, 2.45) is 0 Å². The lowest BCUT2D eigenvalue weighted by atomic mass is 10.1. The molecule has 0 aliphatic rings. The van der Waals surface area contributed by atoms with E-state index in [9.17, 15) is 14.4 Å². The predicted octanol–water partition coefficient (Wildman–Crippen LogP) is 6.26. The molecule has 0 unspecified atom stereocenters. The van der Waals surface area contributed by atoms with Crippen LogP contribution in [0, 0.1) is 0 Å². The zero-order chi connectivity index (χ0) is 22.8. The summed E-state index contributed by atoms with van der Waals surface area (Å²) >= 11 is 13.4. The second-order valence-electron chi connectivity index (χ2n) is 6.64. The summed E-state index contributed by atoms with van der Waals surface area (Å²) in [5.74, 6) is -1.31. The Morgan fingerprint density at radius 1 is 1.09 bits per heavy atom. The van der Waals surface area contributed by atoms with Crippen LogP contribution in [0.5, 0.6) is 0 Å². The summed E-state index contributed by atoms with van der Waals surface area (Å²) in [7, 11) is 0. The van der Waals surface area contributed by atoms with E-state index < -0.39 is 17.5 Å². The molecule has 1 N–H and O–H groups in total. The van der Waals surface area contributed by atoms with Crippen LogP contribution in [0.3, 0.4) is 0 Å². The van der Waals surface area contributed by atoms with Gasteiger partial charge >= 0.3 is 11.6 Å². The maximum Gasteiger partial charge on any atom is 0.350 e. The Hall–Kier alpha value is -3.13. The molecule has 32 heavy (non-hydrogen) atoms. The van der Waals surface area contributed by atoms with Gasteiger partial charge in [-0.3, -0.25) is 4.79 Å². The van der Waals surface area contributed by atoms with Crippen LogP contribution < -0.4 is 10.9 Å². The first-order chi connectivity index (χ1) is 15.4. The van der Waals surface area contributed by atoms with Crippen LogP contribution in [0.25, 0.3) is 21.4 Å². The molecule has 6 nitrogen and oxygen atoms in total. The fraction of sp³-hybridized carbons (Fsp3) is 0.0870. The number of anilines is 1. The average molecular weight is 488 g/mol. The minimum absolute atomic E-state index is 0.162. The Morgan fingerprint density at radius 2 is 1.88 bits per heavy atom. The van der Waals surface area contributed by atoms with Crippen molar-refractivity contribution in [3.05, 3.63) is 85.5 Å². The number of para-hydroxylation sites is 1. The van der Waals surface area contributed by atoms with Crippen LogP contribution in [0.4, 0.5) is 5.69 Å². The van der Waals surface area contributed by atoms with E-state index in [0.29, 0.717) is 31.5 Å². The molecule has 0 spiro atoms. The highest BCUT2D eigenvalue weighted by Crippen LogP contribution is 2.39. The SMILES string of the molecule is CCOC(=O)c1sc(-c2ccc(Cl)cc2Cl)cc1NC(=O)c1cc2ccccc2oc1=O. The molecule has 0 fully saturated rings. The van der Waals surface area contributed by atoms with Crippen LogP contribution in [0.2, 0.25) is 10.0 Å². The topological polar surface area (TPSA) is 85.6 Å². The highest BCUT2D eigenvalue weighted by atomic mass is 35.5. The van der Waals surface area contributed by atoms with Crippen molar-refractivity contribution in [3.8, 4) is 10.4 Å². The zero-order valence-corrected chi connectivity index (χ0v) is 18.9. The molecule has 4 rings (SSSR count). The Labute approximate surface area is 196 Å². The van der Waals surface area contributed by atoms with Gasteiger partial charge in [0.05, 0.1) is 17.3 Å². The van der Waals surface area contributed by atoms with Gasteiger partial charge in [0, 0.05) is 20.8 Å². The summed E-state index contributed by atoms with van der Waals surface area (Å²) in [6.45, 7) is 1.84. The second kappa shape index (κ2) is 9.16. The monoisotopic (exact) mass is 487 g/mol. The lowest BCUT2D eigenvalue weighted by Gasteiger charge is -2.06. The molecule has 0 atom stereocenters. The van der Waals surface area contributed by atoms with Gasteiger partial charge in [-0.15, -0.1) is 11.3 Å². The lowest BCUT2D eigenvalue weighted by Crippen LogP contribution is -2.21. The van der Waals surface area contributed by atoms with Crippen molar-refractivity contribution in [2.45, 2.75) is 6.92 Å². The molecule has 0 saturated heterocycles. The van der Waals surface area contributed by atoms with E-state index in [2.05, 4.69) is 5.32 Å². The van der Waals surface area contributed by atoms with E-state index in [1.54, 1.807) is 55.5 Å². The van der Waals surface area contributed by atoms with Crippen molar-refractivity contribution in [3.63, 3.8) is 0 Å². The first kappa shape index (κ1) is 22.1. The van der Waals surface area contributed by atoms with E-state index in [1.165, 1.54) is 6.07 Å². The Kier molecular flexibility index (Phi) is 6.32. The lowest BCUT2D eigenvalue weighted by molar-refractivity contribution is 0.0533. The fourth-order valence-corrected chi connectivity index (χ4v) is 4.68. The molecule has 4 aromatic rings. The minimum Gasteiger partial charge on any atom is -0.462 e. The number of halogens is 2. The van der Waals surface area contributed by atoms with E-state index in [4.69, 9.17) is 32.4 Å². The number of rotatable bonds is 5. The van der Waals surface area contributed by atoms with Crippen molar-refractivity contribution < 1.29 is 18.7 Å². The first-order valence-electron chi connectivity index (χ1n) is 9.48. The highest BCUT2D eigenvalue weighted by molar-refractivity contribution is 7.18. The van der Waals surface area contributed by atoms with Crippen molar-refractivity contribution in [1.82, 2.24) is 0 Å². The van der Waals surface area contributed by atoms with Crippen molar-refractivity contribution in [2.75, 3.05) is 11.9 Å². The number of hydrogen-bond acceptors (Lipinski definition) is 6. The molecule has 1 amide bonds. The van der Waals surface area contributed by atoms with Gasteiger partial charge in [-0.2, -0.15) is 0 Å². The predicted molar refractivity (Wildman–Crippen MR) is 126 cm³/mol. The number of carbonyl (C=O) groups excluding carboxylic acids is 2. The minimum atomic E-state index is -0.782.